The zero-order chi connectivity index (χ0) is 44.5. The number of aliphatic hydroxyl groups excluding tert-OH is 2. The zero-order valence-corrected chi connectivity index (χ0v) is 38.0. The van der Waals surface area contributed by atoms with Crippen LogP contribution in [0.5, 0.6) is 5.75 Å². The number of fused-ring (bicyclic) bond motifs is 3. The van der Waals surface area contributed by atoms with Crippen LogP contribution in [0.3, 0.4) is 0 Å². The average molecular weight is 896 g/mol. The topological polar surface area (TPSA) is 142 Å². The number of nitrogens with one attached hydrogen (secondary N) is 1. The number of aromatic nitrogens is 3. The van der Waals surface area contributed by atoms with Crippen molar-refractivity contribution in [1.82, 2.24) is 20.3 Å². The monoisotopic (exact) mass is 894 g/mol. The van der Waals surface area contributed by atoms with Crippen LogP contribution in [0.15, 0.2) is 97.2 Å². The lowest BCUT2D eigenvalue weighted by Crippen LogP contribution is -2.49. The van der Waals surface area contributed by atoms with Gasteiger partial charge < -0.3 is 34.0 Å². The zero-order valence-electron chi connectivity index (χ0n) is 36.2. The van der Waals surface area contributed by atoms with Gasteiger partial charge in [-0.3, -0.25) is 19.2 Å². The van der Waals surface area contributed by atoms with E-state index in [-0.39, 0.29) is 37.5 Å². The van der Waals surface area contributed by atoms with E-state index in [1.807, 2.05) is 98.9 Å². The fourth-order valence-corrected chi connectivity index (χ4v) is 12.7. The van der Waals surface area contributed by atoms with Crippen LogP contribution in [0.2, 0.25) is 23.7 Å². The molecule has 15 heteroatoms. The maximum absolute atomic E-state index is 16.6. The summed E-state index contributed by atoms with van der Waals surface area (Å²) in [7, 11) is -3.44. The van der Waals surface area contributed by atoms with E-state index in [1.165, 1.54) is 0 Å². The number of carbonyl (C=O) groups is 2. The molecule has 0 bridgehead atoms. The van der Waals surface area contributed by atoms with E-state index < -0.39 is 37.6 Å². The predicted octanol–water partition coefficient (Wildman–Crippen LogP) is 7.82. The number of rotatable bonds is 17. The highest BCUT2D eigenvalue weighted by Gasteiger charge is 2.66. The molecule has 6 atom stereocenters. The molecule has 4 heterocycles. The first-order valence-electron chi connectivity index (χ1n) is 21.9. The number of aliphatic hydroxyl groups is 2. The number of unbranched alkanes of at least 4 members (excludes halogenated alkanes) is 1. The predicted molar refractivity (Wildman–Crippen MR) is 244 cm³/mol. The van der Waals surface area contributed by atoms with Crippen molar-refractivity contribution in [3.63, 3.8) is 0 Å². The van der Waals surface area contributed by atoms with Crippen molar-refractivity contribution >= 4 is 48.9 Å². The van der Waals surface area contributed by atoms with Crippen LogP contribution in [-0.2, 0) is 39.4 Å². The Morgan fingerprint density at radius 1 is 1.02 bits per heavy atom. The number of anilines is 3. The molecule has 1 saturated heterocycles. The van der Waals surface area contributed by atoms with E-state index in [9.17, 15) is 15.0 Å². The molecule has 3 aliphatic heterocycles. The van der Waals surface area contributed by atoms with E-state index in [0.29, 0.717) is 66.6 Å². The van der Waals surface area contributed by atoms with Gasteiger partial charge in [0.2, 0.25) is 14.3 Å². The normalized spacial score (nSPS) is 22.5. The van der Waals surface area contributed by atoms with Gasteiger partial charge in [0.1, 0.15) is 5.75 Å². The van der Waals surface area contributed by atoms with Crippen LogP contribution < -0.4 is 19.9 Å². The molecule has 2 amide bonds. The summed E-state index contributed by atoms with van der Waals surface area (Å²) in [4.78, 5) is 32.7. The molecule has 5 aromatic rings. The minimum atomic E-state index is -3.44. The molecule has 1 spiro atoms. The summed E-state index contributed by atoms with van der Waals surface area (Å²) in [5.74, 6) is -0.443. The van der Waals surface area contributed by atoms with Crippen molar-refractivity contribution in [1.29, 1.82) is 0 Å². The van der Waals surface area contributed by atoms with Crippen molar-refractivity contribution in [2.45, 2.75) is 94.9 Å². The van der Waals surface area contributed by atoms with E-state index in [4.69, 9.17) is 21.1 Å². The molecule has 63 heavy (non-hydrogen) atoms. The summed E-state index contributed by atoms with van der Waals surface area (Å²) in [5.41, 5.74) is 4.16. The number of benzene rings is 4. The lowest BCUT2D eigenvalue weighted by atomic mass is 9.82. The first kappa shape index (κ1) is 44.6. The highest BCUT2D eigenvalue weighted by molar-refractivity contribution is 6.72. The van der Waals surface area contributed by atoms with Gasteiger partial charge in [-0.1, -0.05) is 66.2 Å². The van der Waals surface area contributed by atoms with Crippen LogP contribution in [0.4, 0.5) is 21.2 Å². The van der Waals surface area contributed by atoms with E-state index in [0.717, 1.165) is 34.5 Å². The fourth-order valence-electron chi connectivity index (χ4n) is 10.00. The second-order valence-electron chi connectivity index (χ2n) is 17.4. The molecule has 3 aliphatic rings. The molecule has 2 unspecified atom stereocenters. The molecule has 8 rings (SSSR count). The molecular formula is C48H56ClFN6O6Si. The number of aryl methyl sites for hydroxylation is 1. The van der Waals surface area contributed by atoms with Crippen molar-refractivity contribution in [3.05, 3.63) is 130 Å². The standard InChI is InChI=1S/C48H56ClFN6O6Si/c1-5-61-37-18-20-42-34(25-37)26-40(51-22-9-10-24-57)46(59)56(42)36-16-13-32(14-17-36)28-55-43-19-15-35(49)27-39(43)48(47(55)60)31(2)45(63(3,4)50)44(62-48)21-23-54-29-41(52-53-54)38(30-58)33-11-7-6-8-12-33/h6-8,11-20,25,27,29,31,38,40,44-45,51,57-58H,5,9-10,21-24,26,28,30H2,1-4H3/t31-,38?,40?,44+,45-,48+/m0/s1. The fraction of sp³-hybridized carbons (Fsp3) is 0.417. The maximum Gasteiger partial charge on any atom is 0.264 e. The Morgan fingerprint density at radius 3 is 2.49 bits per heavy atom. The Labute approximate surface area is 374 Å². The van der Waals surface area contributed by atoms with Crippen LogP contribution in [0.1, 0.15) is 67.0 Å². The second kappa shape index (κ2) is 18.6. The smallest absolute Gasteiger partial charge is 0.264 e. The summed E-state index contributed by atoms with van der Waals surface area (Å²) >= 11 is 6.65. The summed E-state index contributed by atoms with van der Waals surface area (Å²) in [5, 5.41) is 32.1. The Balaban J connectivity index is 1.04. The van der Waals surface area contributed by atoms with Gasteiger partial charge in [-0.15, -0.1) is 5.10 Å². The molecular weight excluding hydrogens is 839 g/mol. The first-order valence-corrected chi connectivity index (χ1v) is 25.3. The number of ether oxygens (including phenoxy) is 2. The van der Waals surface area contributed by atoms with Gasteiger partial charge in [0.15, 0.2) is 5.60 Å². The quantitative estimate of drug-likeness (QED) is 0.0484. The van der Waals surface area contributed by atoms with Gasteiger partial charge in [0.05, 0.1) is 54.9 Å². The lowest BCUT2D eigenvalue weighted by molar-refractivity contribution is -0.146. The highest BCUT2D eigenvalue weighted by Crippen LogP contribution is 2.60. The summed E-state index contributed by atoms with van der Waals surface area (Å²) in [6.07, 6.45) is 3.52. The number of amides is 2. The third-order valence-electron chi connectivity index (χ3n) is 12.9. The van der Waals surface area contributed by atoms with E-state index in [2.05, 4.69) is 15.6 Å². The molecule has 0 radical (unpaired) electrons. The molecule has 0 saturated carbocycles. The molecule has 1 aromatic heterocycles. The van der Waals surface area contributed by atoms with Crippen LogP contribution in [0.25, 0.3) is 0 Å². The molecule has 4 aromatic carbocycles. The molecule has 332 valence electrons. The van der Waals surface area contributed by atoms with Gasteiger partial charge in [-0.25, -0.2) is 0 Å². The molecule has 1 fully saturated rings. The van der Waals surface area contributed by atoms with E-state index in [1.54, 1.807) is 39.7 Å². The SMILES string of the molecule is CCOc1ccc2c(c1)CC(NCCCCO)C(=O)N2c1ccc(CN2C(=O)[C@]3(O[C@H](CCn4cc(C(CO)c5ccccc5)nn4)[C@@H]([Si](C)(C)F)[C@@H]3C)c3cc(Cl)ccc32)cc1. The number of hydrogen-bond donors (Lipinski definition) is 3. The Hall–Kier alpha value is -4.96. The Bertz CT molecular complexity index is 2420. The summed E-state index contributed by atoms with van der Waals surface area (Å²) in [6, 6.07) is 28.0. The number of hydrogen-bond acceptors (Lipinski definition) is 9. The van der Waals surface area contributed by atoms with Crippen molar-refractivity contribution in [3.8, 4) is 5.75 Å². The summed E-state index contributed by atoms with van der Waals surface area (Å²) < 4.78 is 31.1. The Kier molecular flexibility index (Phi) is 13.2. The minimum Gasteiger partial charge on any atom is -0.494 e. The summed E-state index contributed by atoms with van der Waals surface area (Å²) in [6.45, 7) is 8.91. The van der Waals surface area contributed by atoms with Crippen molar-refractivity contribution < 1.29 is 33.4 Å². The largest absolute Gasteiger partial charge is 0.494 e. The maximum atomic E-state index is 16.6. The second-order valence-corrected chi connectivity index (χ2v) is 21.6. The Morgan fingerprint density at radius 2 is 1.78 bits per heavy atom. The van der Waals surface area contributed by atoms with E-state index >= 15 is 8.90 Å². The van der Waals surface area contributed by atoms with Crippen LogP contribution in [-0.4, -0.2) is 83.9 Å². The molecule has 3 N–H and O–H groups in total. The van der Waals surface area contributed by atoms with Crippen LogP contribution in [0, 0.1) is 5.92 Å². The molecule has 0 aliphatic carbocycles. The van der Waals surface area contributed by atoms with Gasteiger partial charge in [0.25, 0.3) is 5.91 Å². The number of halogens is 2. The lowest BCUT2D eigenvalue weighted by Gasteiger charge is -2.35. The van der Waals surface area contributed by atoms with Crippen molar-refractivity contribution in [2.24, 2.45) is 5.92 Å². The third kappa shape index (κ3) is 8.69. The van der Waals surface area contributed by atoms with Crippen molar-refractivity contribution in [2.75, 3.05) is 36.2 Å². The van der Waals surface area contributed by atoms with Gasteiger partial charge in [-0.05, 0) is 117 Å². The number of carbonyl (C=O) groups excluding carboxylic acids is 2. The van der Waals surface area contributed by atoms with Gasteiger partial charge in [0, 0.05) is 47.1 Å². The third-order valence-corrected chi connectivity index (χ3v) is 15.6. The first-order chi connectivity index (χ1) is 30.4. The average Bonchev–Trinajstić information content (AvgIpc) is 3.93. The van der Waals surface area contributed by atoms with Crippen LogP contribution >= 0.6 is 11.6 Å². The van der Waals surface area contributed by atoms with Gasteiger partial charge in [-0.2, -0.15) is 0 Å². The number of nitrogens with zero attached hydrogens (tertiary/aromatic N) is 5. The van der Waals surface area contributed by atoms with Gasteiger partial charge >= 0.3 is 0 Å². The minimum absolute atomic E-state index is 0.0764. The highest BCUT2D eigenvalue weighted by atomic mass is 35.5. The molecule has 12 nitrogen and oxygen atoms in total.